The molecule has 0 unspecified atom stereocenters. The lowest BCUT2D eigenvalue weighted by atomic mass is 9.74. The first-order chi connectivity index (χ1) is 11.3. The van der Waals surface area contributed by atoms with E-state index in [-0.39, 0.29) is 23.9 Å². The van der Waals surface area contributed by atoms with Gasteiger partial charge in [0.2, 0.25) is 0 Å². The Bertz CT molecular complexity index is 564. The highest BCUT2D eigenvalue weighted by Gasteiger charge is 2.52. The van der Waals surface area contributed by atoms with Crippen LogP contribution >= 0.6 is 0 Å². The molecule has 3 aliphatic rings. The van der Waals surface area contributed by atoms with Gasteiger partial charge in [0.25, 0.3) is 0 Å². The molecule has 0 radical (unpaired) electrons. The van der Waals surface area contributed by atoms with E-state index in [1.165, 1.54) is 11.1 Å². The first-order valence-electron chi connectivity index (χ1n) is 8.55. The van der Waals surface area contributed by atoms with E-state index < -0.39 is 0 Å². The topological polar surface area (TPSA) is 47.9 Å². The van der Waals surface area contributed by atoms with E-state index in [2.05, 4.69) is 18.2 Å². The van der Waals surface area contributed by atoms with Gasteiger partial charge in [-0.2, -0.15) is 0 Å². The Kier molecular flexibility index (Phi) is 4.01. The average molecular weight is 316 g/mol. The quantitative estimate of drug-likeness (QED) is 0.911. The summed E-state index contributed by atoms with van der Waals surface area (Å²) in [7, 11) is 0. The predicted molar refractivity (Wildman–Crippen MR) is 86.8 cm³/mol. The number of hydrogen-bond donors (Lipinski definition) is 1. The van der Waals surface area contributed by atoms with E-state index >= 15 is 0 Å². The molecule has 1 N–H and O–H groups in total. The molecule has 1 aliphatic carbocycles. The van der Waals surface area contributed by atoms with Crippen molar-refractivity contribution in [2.75, 3.05) is 26.4 Å². The molecule has 0 aromatic heterocycles. The molecule has 2 aliphatic heterocycles. The normalized spacial score (nSPS) is 30.5. The molecule has 23 heavy (non-hydrogen) atoms. The minimum Gasteiger partial charge on any atom is -0.396 e. The molecule has 2 spiro atoms. The van der Waals surface area contributed by atoms with Crippen LogP contribution in [0.2, 0.25) is 0 Å². The molecule has 0 bridgehead atoms. The van der Waals surface area contributed by atoms with Crippen molar-refractivity contribution in [3.8, 4) is 0 Å². The Hall–Kier alpha value is -1.20. The van der Waals surface area contributed by atoms with Gasteiger partial charge < -0.3 is 19.3 Å². The van der Waals surface area contributed by atoms with E-state index in [4.69, 9.17) is 14.2 Å². The van der Waals surface area contributed by atoms with Crippen molar-refractivity contribution in [2.45, 2.75) is 37.1 Å². The van der Waals surface area contributed by atoms with Gasteiger partial charge in [-0.05, 0) is 24.0 Å². The SMILES string of the molecule is OC[C@H]1COC2(CCC3(CC2)OCCO3)/C1=C\c1ccccc1. The largest absolute Gasteiger partial charge is 0.396 e. The zero-order chi connectivity index (χ0) is 15.8. The number of rotatable bonds is 2. The van der Waals surface area contributed by atoms with Gasteiger partial charge in [0, 0.05) is 18.8 Å². The van der Waals surface area contributed by atoms with Crippen molar-refractivity contribution < 1.29 is 19.3 Å². The van der Waals surface area contributed by atoms with E-state index in [1.54, 1.807) is 0 Å². The fourth-order valence-corrected chi connectivity index (χ4v) is 4.19. The summed E-state index contributed by atoms with van der Waals surface area (Å²) in [5, 5.41) is 9.76. The summed E-state index contributed by atoms with van der Waals surface area (Å²) >= 11 is 0. The lowest BCUT2D eigenvalue weighted by Crippen LogP contribution is -2.44. The van der Waals surface area contributed by atoms with Gasteiger partial charge in [0.05, 0.1) is 32.0 Å². The highest BCUT2D eigenvalue weighted by Crippen LogP contribution is 2.50. The fraction of sp³-hybridized carbons (Fsp3) is 0.579. The summed E-state index contributed by atoms with van der Waals surface area (Å²) < 4.78 is 17.9. The van der Waals surface area contributed by atoms with Crippen LogP contribution in [-0.2, 0) is 14.2 Å². The van der Waals surface area contributed by atoms with Gasteiger partial charge in [-0.1, -0.05) is 36.4 Å². The highest BCUT2D eigenvalue weighted by atomic mass is 16.7. The molecule has 4 heteroatoms. The third kappa shape index (κ3) is 2.74. The average Bonchev–Trinajstić information content (AvgIpc) is 3.18. The van der Waals surface area contributed by atoms with Crippen molar-refractivity contribution >= 4 is 6.08 Å². The molecule has 4 nitrogen and oxygen atoms in total. The second-order valence-electron chi connectivity index (χ2n) is 6.80. The van der Waals surface area contributed by atoms with Crippen molar-refractivity contribution in [1.29, 1.82) is 0 Å². The summed E-state index contributed by atoms with van der Waals surface area (Å²) in [6.07, 6.45) is 5.71. The Morgan fingerprint density at radius 3 is 2.35 bits per heavy atom. The van der Waals surface area contributed by atoms with E-state index in [0.29, 0.717) is 19.8 Å². The minimum absolute atomic E-state index is 0.0923. The van der Waals surface area contributed by atoms with Crippen molar-refractivity contribution in [3.05, 3.63) is 41.5 Å². The predicted octanol–water partition coefficient (Wildman–Crippen LogP) is 2.76. The molecule has 2 heterocycles. The second-order valence-corrected chi connectivity index (χ2v) is 6.80. The van der Waals surface area contributed by atoms with Crippen LogP contribution in [0.1, 0.15) is 31.2 Å². The molecule has 4 rings (SSSR count). The maximum Gasteiger partial charge on any atom is 0.168 e. The van der Waals surface area contributed by atoms with Crippen LogP contribution in [0, 0.1) is 5.92 Å². The van der Waals surface area contributed by atoms with Crippen molar-refractivity contribution in [2.24, 2.45) is 5.92 Å². The van der Waals surface area contributed by atoms with Gasteiger partial charge in [-0.3, -0.25) is 0 Å². The number of ether oxygens (including phenoxy) is 3. The van der Waals surface area contributed by atoms with Gasteiger partial charge in [-0.25, -0.2) is 0 Å². The Labute approximate surface area is 137 Å². The number of aliphatic hydroxyl groups excluding tert-OH is 1. The highest BCUT2D eigenvalue weighted by molar-refractivity contribution is 5.57. The Morgan fingerprint density at radius 1 is 1.00 bits per heavy atom. The molecule has 1 aromatic rings. The third-order valence-electron chi connectivity index (χ3n) is 5.50. The summed E-state index contributed by atoms with van der Waals surface area (Å²) in [6.45, 7) is 2.13. The lowest BCUT2D eigenvalue weighted by molar-refractivity contribution is -0.199. The number of benzene rings is 1. The van der Waals surface area contributed by atoms with Crippen LogP contribution in [0.3, 0.4) is 0 Å². The smallest absolute Gasteiger partial charge is 0.168 e. The van der Waals surface area contributed by atoms with Gasteiger partial charge in [0.15, 0.2) is 5.79 Å². The van der Waals surface area contributed by atoms with Crippen molar-refractivity contribution in [1.82, 2.24) is 0 Å². The molecule has 1 atom stereocenters. The summed E-state index contributed by atoms with van der Waals surface area (Å²) in [5.41, 5.74) is 2.14. The number of aliphatic hydroxyl groups is 1. The molecule has 1 aromatic carbocycles. The molecule has 1 saturated carbocycles. The van der Waals surface area contributed by atoms with Gasteiger partial charge in [-0.15, -0.1) is 0 Å². The van der Waals surface area contributed by atoms with Crippen LogP contribution in [0.15, 0.2) is 35.9 Å². The molecular formula is C19H24O4. The summed E-state index contributed by atoms with van der Waals surface area (Å²) in [4.78, 5) is 0. The zero-order valence-electron chi connectivity index (χ0n) is 13.4. The lowest BCUT2D eigenvalue weighted by Gasteiger charge is -2.42. The van der Waals surface area contributed by atoms with Crippen LogP contribution in [0.5, 0.6) is 0 Å². The molecular weight excluding hydrogens is 292 g/mol. The van der Waals surface area contributed by atoms with Crippen LogP contribution in [-0.4, -0.2) is 42.9 Å². The minimum atomic E-state index is -0.385. The fourth-order valence-electron chi connectivity index (χ4n) is 4.19. The first kappa shape index (κ1) is 15.3. The second kappa shape index (κ2) is 6.02. The maximum atomic E-state index is 9.76. The summed E-state index contributed by atoms with van der Waals surface area (Å²) in [5.74, 6) is -0.293. The Balaban J connectivity index is 1.61. The standard InChI is InChI=1S/C19H24O4/c20-13-16-14-23-18(17(16)12-15-4-2-1-3-5-15)6-8-19(9-7-18)21-10-11-22-19/h1-5,12,16,20H,6-11,13-14H2/b17-12-/t16-/m0/s1. The van der Waals surface area contributed by atoms with Gasteiger partial charge >= 0.3 is 0 Å². The Morgan fingerprint density at radius 2 is 1.70 bits per heavy atom. The van der Waals surface area contributed by atoms with Crippen LogP contribution < -0.4 is 0 Å². The summed E-state index contributed by atoms with van der Waals surface area (Å²) in [6, 6.07) is 10.3. The zero-order valence-corrected chi connectivity index (χ0v) is 13.4. The van der Waals surface area contributed by atoms with E-state index in [1.807, 2.05) is 18.2 Å². The van der Waals surface area contributed by atoms with Gasteiger partial charge in [0.1, 0.15) is 0 Å². The van der Waals surface area contributed by atoms with E-state index in [9.17, 15) is 5.11 Å². The maximum absolute atomic E-state index is 9.76. The molecule has 124 valence electrons. The first-order valence-corrected chi connectivity index (χ1v) is 8.55. The molecule has 0 amide bonds. The monoisotopic (exact) mass is 316 g/mol. The number of hydrogen-bond acceptors (Lipinski definition) is 4. The molecule has 2 saturated heterocycles. The van der Waals surface area contributed by atoms with Crippen LogP contribution in [0.25, 0.3) is 6.08 Å². The van der Waals surface area contributed by atoms with Crippen LogP contribution in [0.4, 0.5) is 0 Å². The third-order valence-corrected chi connectivity index (χ3v) is 5.50. The van der Waals surface area contributed by atoms with E-state index in [0.717, 1.165) is 25.7 Å². The van der Waals surface area contributed by atoms with Crippen molar-refractivity contribution in [3.63, 3.8) is 0 Å². The molecule has 3 fully saturated rings.